The van der Waals surface area contributed by atoms with Gasteiger partial charge in [0, 0.05) is 56.7 Å². The Hall–Kier alpha value is -3.41. The fourth-order valence-electron chi connectivity index (χ4n) is 5.39. The van der Waals surface area contributed by atoms with Gasteiger partial charge in [-0.2, -0.15) is 4.31 Å². The second-order valence-electron chi connectivity index (χ2n) is 9.67. The van der Waals surface area contributed by atoms with Gasteiger partial charge in [0.2, 0.25) is 15.9 Å². The number of benzene rings is 1. The number of fused-ring (bicyclic) bond motifs is 2. The molecule has 0 fully saturated rings. The zero-order valence-corrected chi connectivity index (χ0v) is 21.6. The summed E-state index contributed by atoms with van der Waals surface area (Å²) in [5, 5.41) is 3.15. The lowest BCUT2D eigenvalue weighted by Crippen LogP contribution is -2.40. The number of hydrogen-bond acceptors (Lipinski definition) is 7. The summed E-state index contributed by atoms with van der Waals surface area (Å²) >= 11 is 0. The van der Waals surface area contributed by atoms with E-state index in [-0.39, 0.29) is 23.9 Å². The fourth-order valence-corrected chi connectivity index (χ4v) is 6.83. The number of carbonyl (C=O) groups excluding carboxylic acids is 1. The maximum Gasteiger partial charge on any atom is 0.243 e. The molecule has 37 heavy (non-hydrogen) atoms. The number of ether oxygens (including phenoxy) is 2. The standard InChI is InChI=1S/C26H29N5O5S/c1-17-12-29-7-3-4-21(25(29)28-17)22(11-27-2)26(32)30-13-18-15-31(16-19(18)14-30)37(33,34)20-5-6-23-24(10-20)36-9-8-35-23/h3-7,10,12,22,27H,8-9,11,13-16H2,1-2H3. The molecule has 3 aromatic rings. The van der Waals surface area contributed by atoms with Gasteiger partial charge in [-0.15, -0.1) is 0 Å². The van der Waals surface area contributed by atoms with Crippen molar-refractivity contribution in [3.63, 3.8) is 0 Å². The molecule has 3 aliphatic rings. The molecule has 0 saturated heterocycles. The number of likely N-dealkylation sites (N-methyl/N-ethyl adjacent to an activating group) is 1. The predicted octanol–water partition coefficient (Wildman–Crippen LogP) is 1.56. The van der Waals surface area contributed by atoms with Crippen LogP contribution in [0.25, 0.3) is 5.65 Å². The summed E-state index contributed by atoms with van der Waals surface area (Å²) in [7, 11) is -1.88. The Morgan fingerprint density at radius 2 is 1.81 bits per heavy atom. The van der Waals surface area contributed by atoms with Crippen LogP contribution in [-0.4, -0.2) is 85.9 Å². The van der Waals surface area contributed by atoms with Crippen molar-refractivity contribution in [2.24, 2.45) is 0 Å². The molecule has 0 radical (unpaired) electrons. The van der Waals surface area contributed by atoms with Crippen LogP contribution in [0.2, 0.25) is 0 Å². The first kappa shape index (κ1) is 24.0. The van der Waals surface area contributed by atoms with Crippen molar-refractivity contribution in [1.82, 2.24) is 23.9 Å². The summed E-state index contributed by atoms with van der Waals surface area (Å²) in [5.74, 6) is 0.618. The number of sulfonamides is 1. The van der Waals surface area contributed by atoms with Gasteiger partial charge < -0.3 is 24.1 Å². The minimum Gasteiger partial charge on any atom is -0.486 e. The highest BCUT2D eigenvalue weighted by molar-refractivity contribution is 7.89. The molecule has 0 aliphatic carbocycles. The van der Waals surface area contributed by atoms with E-state index in [0.717, 1.165) is 28.1 Å². The summed E-state index contributed by atoms with van der Waals surface area (Å²) in [6.45, 7) is 4.67. The third-order valence-corrected chi connectivity index (χ3v) is 8.96. The van der Waals surface area contributed by atoms with E-state index in [1.165, 1.54) is 10.4 Å². The van der Waals surface area contributed by atoms with E-state index in [2.05, 4.69) is 10.3 Å². The average molecular weight is 524 g/mol. The third kappa shape index (κ3) is 4.16. The molecule has 3 aliphatic heterocycles. The molecule has 11 heteroatoms. The molecule has 2 aromatic heterocycles. The van der Waals surface area contributed by atoms with E-state index < -0.39 is 15.9 Å². The number of nitrogens with zero attached hydrogens (tertiary/aromatic N) is 4. The van der Waals surface area contributed by atoms with E-state index in [4.69, 9.17) is 9.47 Å². The Morgan fingerprint density at radius 1 is 1.08 bits per heavy atom. The number of imidazole rings is 1. The van der Waals surface area contributed by atoms with Crippen molar-refractivity contribution in [2.45, 2.75) is 17.7 Å². The number of nitrogens with one attached hydrogen (secondary N) is 1. The number of aryl methyl sites for hydroxylation is 1. The van der Waals surface area contributed by atoms with Crippen molar-refractivity contribution in [2.75, 3.05) is 53.0 Å². The Kier molecular flexibility index (Phi) is 5.93. The van der Waals surface area contributed by atoms with Crippen LogP contribution in [0.4, 0.5) is 0 Å². The zero-order chi connectivity index (χ0) is 25.7. The van der Waals surface area contributed by atoms with Crippen molar-refractivity contribution >= 4 is 21.6 Å². The van der Waals surface area contributed by atoms with Gasteiger partial charge in [0.05, 0.1) is 16.5 Å². The number of rotatable bonds is 6. The molecule has 194 valence electrons. The number of carbonyl (C=O) groups is 1. The Morgan fingerprint density at radius 3 is 2.54 bits per heavy atom. The summed E-state index contributed by atoms with van der Waals surface area (Å²) in [5.41, 5.74) is 4.54. The molecule has 6 rings (SSSR count). The second kappa shape index (κ2) is 9.16. The van der Waals surface area contributed by atoms with Crippen LogP contribution >= 0.6 is 0 Å². The average Bonchev–Trinajstić information content (AvgIpc) is 3.59. The van der Waals surface area contributed by atoms with Crippen LogP contribution in [0.5, 0.6) is 11.5 Å². The van der Waals surface area contributed by atoms with Crippen molar-refractivity contribution in [1.29, 1.82) is 0 Å². The third-order valence-electron chi connectivity index (χ3n) is 7.18. The Labute approximate surface area is 215 Å². The molecule has 0 bridgehead atoms. The minimum atomic E-state index is -3.71. The predicted molar refractivity (Wildman–Crippen MR) is 136 cm³/mol. The molecule has 1 aromatic carbocycles. The smallest absolute Gasteiger partial charge is 0.243 e. The highest BCUT2D eigenvalue weighted by Gasteiger charge is 2.39. The van der Waals surface area contributed by atoms with E-state index in [9.17, 15) is 13.2 Å². The van der Waals surface area contributed by atoms with Crippen LogP contribution in [0.15, 0.2) is 58.8 Å². The molecule has 1 unspecified atom stereocenters. The quantitative estimate of drug-likeness (QED) is 0.489. The van der Waals surface area contributed by atoms with Crippen LogP contribution in [0.3, 0.4) is 0 Å². The van der Waals surface area contributed by atoms with Gasteiger partial charge in [0.1, 0.15) is 18.9 Å². The molecular weight excluding hydrogens is 494 g/mol. The van der Waals surface area contributed by atoms with Gasteiger partial charge in [-0.3, -0.25) is 4.79 Å². The zero-order valence-electron chi connectivity index (χ0n) is 20.8. The molecule has 5 heterocycles. The lowest BCUT2D eigenvalue weighted by molar-refractivity contribution is -0.131. The fraction of sp³-hybridized carbons (Fsp3) is 0.385. The lowest BCUT2D eigenvalue weighted by atomic mass is 9.98. The topological polar surface area (TPSA) is 105 Å². The van der Waals surface area contributed by atoms with E-state index in [1.54, 1.807) is 12.1 Å². The van der Waals surface area contributed by atoms with Gasteiger partial charge in [-0.05, 0) is 43.3 Å². The molecule has 0 saturated carbocycles. The summed E-state index contributed by atoms with van der Waals surface area (Å²) in [4.78, 5) is 20.4. The second-order valence-corrected chi connectivity index (χ2v) is 11.6. The molecular formula is C26H29N5O5S. The largest absolute Gasteiger partial charge is 0.486 e. The van der Waals surface area contributed by atoms with Crippen LogP contribution in [0.1, 0.15) is 17.2 Å². The first-order valence-electron chi connectivity index (χ1n) is 12.3. The first-order valence-corrected chi connectivity index (χ1v) is 13.8. The maximum absolute atomic E-state index is 13.7. The van der Waals surface area contributed by atoms with Crippen LogP contribution < -0.4 is 14.8 Å². The number of aromatic nitrogens is 2. The van der Waals surface area contributed by atoms with Crippen molar-refractivity contribution in [3.05, 3.63) is 65.1 Å². The van der Waals surface area contributed by atoms with Gasteiger partial charge in [0.25, 0.3) is 0 Å². The highest BCUT2D eigenvalue weighted by atomic mass is 32.2. The SMILES string of the molecule is CNCC(C(=O)N1CC2=C(C1)CN(S(=O)(=O)c1ccc3c(c1)OCCO3)C2)c1cccn2cc(C)nc12. The number of hydrogen-bond donors (Lipinski definition) is 1. The summed E-state index contributed by atoms with van der Waals surface area (Å²) in [6, 6.07) is 8.62. The lowest BCUT2D eigenvalue weighted by Gasteiger charge is -2.27. The molecule has 1 amide bonds. The van der Waals surface area contributed by atoms with Gasteiger partial charge in [0.15, 0.2) is 11.5 Å². The van der Waals surface area contributed by atoms with Gasteiger partial charge >= 0.3 is 0 Å². The minimum absolute atomic E-state index is 0.0127. The Bertz CT molecular complexity index is 1510. The maximum atomic E-state index is 13.7. The van der Waals surface area contributed by atoms with Gasteiger partial charge in [-0.25, -0.2) is 13.4 Å². The number of amides is 1. The first-order chi connectivity index (χ1) is 17.8. The van der Waals surface area contributed by atoms with E-state index in [1.807, 2.05) is 47.8 Å². The van der Waals surface area contributed by atoms with Crippen molar-refractivity contribution in [3.8, 4) is 11.5 Å². The normalized spacial score (nSPS) is 18.5. The van der Waals surface area contributed by atoms with E-state index >= 15 is 0 Å². The molecule has 1 N–H and O–H groups in total. The molecule has 10 nitrogen and oxygen atoms in total. The van der Waals surface area contributed by atoms with Gasteiger partial charge in [-0.1, -0.05) is 6.07 Å². The molecule has 0 spiro atoms. The molecule has 1 atom stereocenters. The van der Waals surface area contributed by atoms with E-state index in [0.29, 0.717) is 44.3 Å². The summed E-state index contributed by atoms with van der Waals surface area (Å²) in [6.07, 6.45) is 3.88. The highest BCUT2D eigenvalue weighted by Crippen LogP contribution is 2.36. The summed E-state index contributed by atoms with van der Waals surface area (Å²) < 4.78 is 41.3. The Balaban J connectivity index is 1.18. The van der Waals surface area contributed by atoms with Crippen molar-refractivity contribution < 1.29 is 22.7 Å². The van der Waals surface area contributed by atoms with Crippen LogP contribution in [0, 0.1) is 6.92 Å². The number of pyridine rings is 1. The monoisotopic (exact) mass is 523 g/mol. The van der Waals surface area contributed by atoms with Crippen LogP contribution in [-0.2, 0) is 14.8 Å².